The topological polar surface area (TPSA) is 71.1 Å². The van der Waals surface area contributed by atoms with Gasteiger partial charge >= 0.3 is 0 Å². The summed E-state index contributed by atoms with van der Waals surface area (Å²) in [5.74, 6) is 1.79. The van der Waals surface area contributed by atoms with Gasteiger partial charge in [0.25, 0.3) is 5.91 Å². The minimum atomic E-state index is 0.0200. The van der Waals surface area contributed by atoms with Crippen LogP contribution in [0.25, 0.3) is 0 Å². The predicted molar refractivity (Wildman–Crippen MR) is 87.7 cm³/mol. The number of rotatable bonds is 3. The van der Waals surface area contributed by atoms with Crippen molar-refractivity contribution in [3.05, 3.63) is 42.2 Å². The van der Waals surface area contributed by atoms with Gasteiger partial charge in [0.2, 0.25) is 0 Å². The standard InChI is InChI=1S/C16H18N4O2S/c1-11-14(19-10-18-11)15(21)20-8-16(9-20)5-13(7-23-16)22-12-3-2-4-17-6-12/h2-4,6,10,13H,5,7-9H2,1H3,(H,18,19)/t13-/m0/s1. The van der Waals surface area contributed by atoms with E-state index in [9.17, 15) is 4.79 Å². The van der Waals surface area contributed by atoms with Gasteiger partial charge in [-0.25, -0.2) is 4.98 Å². The predicted octanol–water partition coefficient (Wildman–Crippen LogP) is 1.89. The highest BCUT2D eigenvalue weighted by atomic mass is 32.2. The Morgan fingerprint density at radius 2 is 2.39 bits per heavy atom. The van der Waals surface area contributed by atoms with Crippen molar-refractivity contribution in [1.82, 2.24) is 19.9 Å². The van der Waals surface area contributed by atoms with E-state index in [2.05, 4.69) is 15.0 Å². The van der Waals surface area contributed by atoms with Gasteiger partial charge in [-0.2, -0.15) is 0 Å². The maximum Gasteiger partial charge on any atom is 0.274 e. The molecule has 0 saturated carbocycles. The first-order valence-corrected chi connectivity index (χ1v) is 8.64. The van der Waals surface area contributed by atoms with Gasteiger partial charge < -0.3 is 14.6 Å². The molecule has 4 heterocycles. The van der Waals surface area contributed by atoms with Crippen LogP contribution >= 0.6 is 11.8 Å². The van der Waals surface area contributed by atoms with Crippen molar-refractivity contribution in [1.29, 1.82) is 0 Å². The molecule has 0 unspecified atom stereocenters. The van der Waals surface area contributed by atoms with E-state index in [1.54, 1.807) is 18.7 Å². The van der Waals surface area contributed by atoms with Gasteiger partial charge in [-0.1, -0.05) is 0 Å². The fourth-order valence-corrected chi connectivity index (χ4v) is 4.75. The maximum atomic E-state index is 12.4. The molecule has 1 amide bonds. The van der Waals surface area contributed by atoms with Crippen molar-refractivity contribution in [2.24, 2.45) is 0 Å². The molecule has 1 N–H and O–H groups in total. The van der Waals surface area contributed by atoms with Crippen molar-refractivity contribution < 1.29 is 9.53 Å². The number of aromatic nitrogens is 3. The van der Waals surface area contributed by atoms with E-state index in [1.165, 1.54) is 0 Å². The number of thioether (sulfide) groups is 1. The number of pyridine rings is 1. The fourth-order valence-electron chi connectivity index (χ4n) is 3.23. The van der Waals surface area contributed by atoms with Crippen LogP contribution in [0, 0.1) is 6.92 Å². The first-order chi connectivity index (χ1) is 11.2. The van der Waals surface area contributed by atoms with Crippen LogP contribution < -0.4 is 4.74 Å². The van der Waals surface area contributed by atoms with Gasteiger partial charge in [-0.05, 0) is 19.1 Å². The Bertz CT molecular complexity index is 712. The smallest absolute Gasteiger partial charge is 0.274 e. The van der Waals surface area contributed by atoms with Crippen molar-refractivity contribution in [3.63, 3.8) is 0 Å². The molecule has 1 atom stereocenters. The first kappa shape index (κ1) is 14.6. The van der Waals surface area contributed by atoms with Crippen LogP contribution in [0.5, 0.6) is 5.75 Å². The first-order valence-electron chi connectivity index (χ1n) is 7.65. The molecule has 2 aromatic rings. The summed E-state index contributed by atoms with van der Waals surface area (Å²) in [5, 5.41) is 0. The lowest BCUT2D eigenvalue weighted by atomic mass is 9.92. The normalized spacial score (nSPS) is 22.1. The molecule has 23 heavy (non-hydrogen) atoms. The van der Waals surface area contributed by atoms with E-state index in [0.717, 1.165) is 36.7 Å². The fraction of sp³-hybridized carbons (Fsp3) is 0.438. The zero-order valence-corrected chi connectivity index (χ0v) is 13.7. The molecule has 2 fully saturated rings. The quantitative estimate of drug-likeness (QED) is 0.930. The molecular weight excluding hydrogens is 312 g/mol. The van der Waals surface area contributed by atoms with Gasteiger partial charge in [0.15, 0.2) is 0 Å². The molecule has 2 aliphatic heterocycles. The zero-order chi connectivity index (χ0) is 15.9. The number of aryl methyl sites for hydroxylation is 1. The molecule has 2 aromatic heterocycles. The number of nitrogens with one attached hydrogen (secondary N) is 1. The van der Waals surface area contributed by atoms with Crippen LogP contribution in [0.3, 0.4) is 0 Å². The van der Waals surface area contributed by atoms with E-state index in [4.69, 9.17) is 4.74 Å². The molecule has 120 valence electrons. The molecule has 0 aromatic carbocycles. The Morgan fingerprint density at radius 1 is 1.52 bits per heavy atom. The monoisotopic (exact) mass is 330 g/mol. The van der Waals surface area contributed by atoms with Crippen molar-refractivity contribution in [3.8, 4) is 5.75 Å². The highest BCUT2D eigenvalue weighted by Crippen LogP contribution is 2.46. The third-order valence-electron chi connectivity index (χ3n) is 4.39. The number of H-pyrrole nitrogens is 1. The second kappa shape index (κ2) is 5.56. The van der Waals surface area contributed by atoms with Gasteiger partial charge in [-0.15, -0.1) is 11.8 Å². The molecule has 4 rings (SSSR count). The third kappa shape index (κ3) is 2.69. The lowest BCUT2D eigenvalue weighted by molar-refractivity contribution is 0.0512. The zero-order valence-electron chi connectivity index (χ0n) is 12.9. The summed E-state index contributed by atoms with van der Waals surface area (Å²) in [6, 6.07) is 3.81. The number of aromatic amines is 1. The Labute approximate surface area is 138 Å². The summed E-state index contributed by atoms with van der Waals surface area (Å²) in [4.78, 5) is 25.4. The molecular formula is C16H18N4O2S. The summed E-state index contributed by atoms with van der Waals surface area (Å²) < 4.78 is 6.13. The second-order valence-electron chi connectivity index (χ2n) is 6.16. The summed E-state index contributed by atoms with van der Waals surface area (Å²) >= 11 is 1.91. The summed E-state index contributed by atoms with van der Waals surface area (Å²) in [7, 11) is 0. The average molecular weight is 330 g/mol. The number of imidazole rings is 1. The number of carbonyl (C=O) groups is 1. The van der Waals surface area contributed by atoms with E-state index in [-0.39, 0.29) is 16.8 Å². The Kier molecular flexibility index (Phi) is 3.52. The molecule has 2 saturated heterocycles. The van der Waals surface area contributed by atoms with E-state index in [0.29, 0.717) is 5.69 Å². The van der Waals surface area contributed by atoms with E-state index >= 15 is 0 Å². The number of likely N-dealkylation sites (tertiary alicyclic amines) is 1. The molecule has 6 nitrogen and oxygen atoms in total. The lowest BCUT2D eigenvalue weighted by Crippen LogP contribution is -2.61. The SMILES string of the molecule is Cc1[nH]cnc1C(=O)N1CC2(C[C@H](Oc3cccnc3)CS2)C1. The molecule has 7 heteroatoms. The van der Waals surface area contributed by atoms with Crippen LogP contribution in [0.15, 0.2) is 30.9 Å². The van der Waals surface area contributed by atoms with Gasteiger partial charge in [-0.3, -0.25) is 9.78 Å². The molecule has 1 spiro atoms. The van der Waals surface area contributed by atoms with Gasteiger partial charge in [0.05, 0.1) is 17.3 Å². The molecule has 2 aliphatic rings. The highest BCUT2D eigenvalue weighted by molar-refractivity contribution is 8.01. The molecule has 0 radical (unpaired) electrons. The van der Waals surface area contributed by atoms with E-state index < -0.39 is 0 Å². The van der Waals surface area contributed by atoms with Crippen LogP contribution in [0.1, 0.15) is 22.6 Å². The lowest BCUT2D eigenvalue weighted by Gasteiger charge is -2.47. The molecule has 0 bridgehead atoms. The minimum absolute atomic E-state index is 0.0200. The third-order valence-corrected chi connectivity index (χ3v) is 5.97. The summed E-state index contributed by atoms with van der Waals surface area (Å²) in [5.41, 5.74) is 1.36. The van der Waals surface area contributed by atoms with Crippen molar-refractivity contribution in [2.45, 2.75) is 24.2 Å². The maximum absolute atomic E-state index is 12.4. The number of hydrogen-bond donors (Lipinski definition) is 1. The number of carbonyl (C=O) groups excluding carboxylic acids is 1. The van der Waals surface area contributed by atoms with Gasteiger partial charge in [0, 0.05) is 37.2 Å². The molecule has 0 aliphatic carbocycles. The summed E-state index contributed by atoms with van der Waals surface area (Å²) in [6.07, 6.45) is 6.21. The summed E-state index contributed by atoms with van der Waals surface area (Å²) in [6.45, 7) is 3.42. The Morgan fingerprint density at radius 3 is 3.09 bits per heavy atom. The van der Waals surface area contributed by atoms with Crippen LogP contribution in [-0.2, 0) is 0 Å². The van der Waals surface area contributed by atoms with Crippen LogP contribution in [0.2, 0.25) is 0 Å². The number of ether oxygens (including phenoxy) is 1. The van der Waals surface area contributed by atoms with Crippen molar-refractivity contribution in [2.75, 3.05) is 18.8 Å². The van der Waals surface area contributed by atoms with Gasteiger partial charge in [0.1, 0.15) is 17.5 Å². The Balaban J connectivity index is 1.35. The average Bonchev–Trinajstić information content (AvgIpc) is 3.13. The van der Waals surface area contributed by atoms with Crippen LogP contribution in [-0.4, -0.2) is 55.5 Å². The van der Waals surface area contributed by atoms with E-state index in [1.807, 2.05) is 35.7 Å². The Hall–Kier alpha value is -2.02. The highest BCUT2D eigenvalue weighted by Gasteiger charge is 2.51. The number of hydrogen-bond acceptors (Lipinski definition) is 5. The minimum Gasteiger partial charge on any atom is -0.488 e. The largest absolute Gasteiger partial charge is 0.488 e. The second-order valence-corrected chi connectivity index (χ2v) is 7.65. The number of amides is 1. The van der Waals surface area contributed by atoms with Crippen molar-refractivity contribution >= 4 is 17.7 Å². The number of nitrogens with zero attached hydrogens (tertiary/aromatic N) is 3. The van der Waals surface area contributed by atoms with Crippen LogP contribution in [0.4, 0.5) is 0 Å².